The van der Waals surface area contributed by atoms with Crippen LogP contribution in [0, 0.1) is 0 Å². The van der Waals surface area contributed by atoms with Gasteiger partial charge in [0.05, 0.1) is 24.0 Å². The average molecular weight is 307 g/mol. The van der Waals surface area contributed by atoms with Crippen LogP contribution in [0.2, 0.25) is 5.02 Å². The van der Waals surface area contributed by atoms with Crippen LogP contribution in [0.1, 0.15) is 5.82 Å². The normalized spacial score (nSPS) is 10.9. The zero-order valence-corrected chi connectivity index (χ0v) is 12.3. The van der Waals surface area contributed by atoms with Gasteiger partial charge in [-0.2, -0.15) is 0 Å². The summed E-state index contributed by atoms with van der Waals surface area (Å²) in [5, 5.41) is 0.665. The number of nitrogens with zero attached hydrogens (tertiary/aromatic N) is 2. The van der Waals surface area contributed by atoms with Gasteiger partial charge in [0.15, 0.2) is 0 Å². The summed E-state index contributed by atoms with van der Waals surface area (Å²) in [5.41, 5.74) is 2.81. The van der Waals surface area contributed by atoms with Gasteiger partial charge in [0.25, 0.3) is 0 Å². The van der Waals surface area contributed by atoms with Gasteiger partial charge >= 0.3 is 0 Å². The molecule has 0 N–H and O–H groups in total. The molecule has 2 aromatic carbocycles. The van der Waals surface area contributed by atoms with Crippen molar-refractivity contribution in [3.63, 3.8) is 0 Å². The van der Waals surface area contributed by atoms with Crippen LogP contribution in [0.4, 0.5) is 0 Å². The van der Waals surface area contributed by atoms with Crippen molar-refractivity contribution in [2.45, 2.75) is 5.88 Å². The molecular weight excluding hydrogens is 295 g/mol. The molecule has 1 aromatic heterocycles. The van der Waals surface area contributed by atoms with Crippen molar-refractivity contribution in [3.8, 4) is 11.4 Å². The SMILES string of the molecule is COc1ccc(-n2c(CCl)nc3cc(Cl)ccc32)cc1. The third-order valence-corrected chi connectivity index (χ3v) is 3.61. The Hall–Kier alpha value is -1.71. The predicted molar refractivity (Wildman–Crippen MR) is 82.2 cm³/mol. The van der Waals surface area contributed by atoms with Crippen molar-refractivity contribution in [3.05, 3.63) is 53.3 Å². The number of rotatable bonds is 3. The lowest BCUT2D eigenvalue weighted by Crippen LogP contribution is -1.99. The number of fused-ring (bicyclic) bond motifs is 1. The highest BCUT2D eigenvalue weighted by Gasteiger charge is 2.12. The molecule has 0 saturated heterocycles. The molecule has 0 fully saturated rings. The maximum atomic E-state index is 6.01. The number of alkyl halides is 1. The first-order valence-corrected chi connectivity index (χ1v) is 7.01. The summed E-state index contributed by atoms with van der Waals surface area (Å²) >= 11 is 12.0. The van der Waals surface area contributed by atoms with Crippen molar-refractivity contribution < 1.29 is 4.74 Å². The van der Waals surface area contributed by atoms with E-state index in [2.05, 4.69) is 4.98 Å². The fourth-order valence-corrected chi connectivity index (χ4v) is 2.56. The number of ether oxygens (including phenoxy) is 1. The fraction of sp³-hybridized carbons (Fsp3) is 0.133. The van der Waals surface area contributed by atoms with E-state index in [0.29, 0.717) is 10.9 Å². The van der Waals surface area contributed by atoms with Crippen LogP contribution in [-0.4, -0.2) is 16.7 Å². The van der Waals surface area contributed by atoms with E-state index >= 15 is 0 Å². The van der Waals surface area contributed by atoms with E-state index in [9.17, 15) is 0 Å². The van der Waals surface area contributed by atoms with E-state index < -0.39 is 0 Å². The number of benzene rings is 2. The Labute approximate surface area is 126 Å². The van der Waals surface area contributed by atoms with Crippen molar-refractivity contribution in [2.24, 2.45) is 0 Å². The average Bonchev–Trinajstić information content (AvgIpc) is 2.84. The lowest BCUT2D eigenvalue weighted by molar-refractivity contribution is 0.414. The molecule has 0 bridgehead atoms. The summed E-state index contributed by atoms with van der Waals surface area (Å²) in [7, 11) is 1.65. The molecule has 3 aromatic rings. The van der Waals surface area contributed by atoms with Crippen molar-refractivity contribution in [1.29, 1.82) is 0 Å². The number of aromatic nitrogens is 2. The number of hydrogen-bond acceptors (Lipinski definition) is 2. The third-order valence-electron chi connectivity index (χ3n) is 3.14. The Morgan fingerprint density at radius 3 is 2.55 bits per heavy atom. The first kappa shape index (κ1) is 13.3. The van der Waals surface area contributed by atoms with E-state index in [-0.39, 0.29) is 0 Å². The molecule has 0 radical (unpaired) electrons. The molecule has 0 aliphatic carbocycles. The topological polar surface area (TPSA) is 27.1 Å². The summed E-state index contributed by atoms with van der Waals surface area (Å²) < 4.78 is 7.20. The number of imidazole rings is 1. The molecule has 0 unspecified atom stereocenters. The second-order valence-electron chi connectivity index (χ2n) is 4.33. The number of hydrogen-bond donors (Lipinski definition) is 0. The van der Waals surface area contributed by atoms with Crippen LogP contribution < -0.4 is 4.74 Å². The first-order chi connectivity index (χ1) is 9.72. The minimum absolute atomic E-state index is 0.332. The Kier molecular flexibility index (Phi) is 3.55. The van der Waals surface area contributed by atoms with Crippen LogP contribution >= 0.6 is 23.2 Å². The smallest absolute Gasteiger partial charge is 0.129 e. The third kappa shape index (κ3) is 2.23. The van der Waals surface area contributed by atoms with Gasteiger partial charge in [-0.25, -0.2) is 4.98 Å². The Balaban J connectivity index is 2.22. The number of methoxy groups -OCH3 is 1. The molecule has 3 rings (SSSR count). The molecule has 0 aliphatic heterocycles. The molecule has 0 spiro atoms. The molecule has 0 saturated carbocycles. The van der Waals surface area contributed by atoms with Gasteiger partial charge in [-0.05, 0) is 42.5 Å². The summed E-state index contributed by atoms with van der Waals surface area (Å²) in [6.45, 7) is 0. The van der Waals surface area contributed by atoms with Crippen molar-refractivity contribution >= 4 is 34.2 Å². The van der Waals surface area contributed by atoms with Gasteiger partial charge in [0.1, 0.15) is 11.6 Å². The van der Waals surface area contributed by atoms with Gasteiger partial charge in [0.2, 0.25) is 0 Å². The van der Waals surface area contributed by atoms with Crippen molar-refractivity contribution in [1.82, 2.24) is 9.55 Å². The monoisotopic (exact) mass is 306 g/mol. The second kappa shape index (κ2) is 5.35. The highest BCUT2D eigenvalue weighted by atomic mass is 35.5. The minimum atomic E-state index is 0.332. The summed E-state index contributed by atoms with van der Waals surface area (Å²) in [6.07, 6.45) is 0. The maximum absolute atomic E-state index is 6.01. The largest absolute Gasteiger partial charge is 0.497 e. The molecule has 1 heterocycles. The summed E-state index contributed by atoms with van der Waals surface area (Å²) in [6, 6.07) is 13.4. The molecule has 5 heteroatoms. The summed E-state index contributed by atoms with van der Waals surface area (Å²) in [5.74, 6) is 1.93. The van der Waals surface area contributed by atoms with E-state index in [4.69, 9.17) is 27.9 Å². The van der Waals surface area contributed by atoms with Gasteiger partial charge < -0.3 is 4.74 Å². The van der Waals surface area contributed by atoms with Gasteiger partial charge in [-0.3, -0.25) is 4.57 Å². The van der Waals surface area contributed by atoms with E-state index in [1.54, 1.807) is 7.11 Å². The van der Waals surface area contributed by atoms with E-state index in [0.717, 1.165) is 28.3 Å². The molecular formula is C15H12Cl2N2O. The lowest BCUT2D eigenvalue weighted by Gasteiger charge is -2.08. The highest BCUT2D eigenvalue weighted by Crippen LogP contribution is 2.26. The van der Waals surface area contributed by atoms with E-state index in [1.165, 1.54) is 0 Å². The maximum Gasteiger partial charge on any atom is 0.129 e. The zero-order valence-electron chi connectivity index (χ0n) is 10.8. The van der Waals surface area contributed by atoms with Crippen LogP contribution in [0.3, 0.4) is 0 Å². The number of halogens is 2. The Morgan fingerprint density at radius 2 is 1.90 bits per heavy atom. The Bertz CT molecular complexity index is 750. The molecule has 0 amide bonds. The van der Waals surface area contributed by atoms with E-state index in [1.807, 2.05) is 47.0 Å². The standard InChI is InChI=1S/C15H12Cl2N2O/c1-20-12-5-3-11(4-6-12)19-14-7-2-10(17)8-13(14)18-15(19)9-16/h2-8H,9H2,1H3. The first-order valence-electron chi connectivity index (χ1n) is 6.10. The minimum Gasteiger partial charge on any atom is -0.497 e. The molecule has 0 atom stereocenters. The molecule has 102 valence electrons. The molecule has 20 heavy (non-hydrogen) atoms. The second-order valence-corrected chi connectivity index (χ2v) is 5.03. The van der Waals surface area contributed by atoms with Crippen molar-refractivity contribution in [2.75, 3.05) is 7.11 Å². The Morgan fingerprint density at radius 1 is 1.15 bits per heavy atom. The van der Waals surface area contributed by atoms with Crippen LogP contribution in [0.5, 0.6) is 5.75 Å². The van der Waals surface area contributed by atoms with Crippen LogP contribution in [-0.2, 0) is 5.88 Å². The zero-order chi connectivity index (χ0) is 14.1. The van der Waals surface area contributed by atoms with Crippen LogP contribution in [0.15, 0.2) is 42.5 Å². The molecule has 0 aliphatic rings. The highest BCUT2D eigenvalue weighted by molar-refractivity contribution is 6.31. The quantitative estimate of drug-likeness (QED) is 0.669. The van der Waals surface area contributed by atoms with Crippen LogP contribution in [0.25, 0.3) is 16.7 Å². The fourth-order valence-electron chi connectivity index (χ4n) is 2.21. The molecule has 3 nitrogen and oxygen atoms in total. The predicted octanol–water partition coefficient (Wildman–Crippen LogP) is 4.43. The van der Waals surface area contributed by atoms with Gasteiger partial charge in [-0.15, -0.1) is 11.6 Å². The summed E-state index contributed by atoms with van der Waals surface area (Å²) in [4.78, 5) is 4.53. The van der Waals surface area contributed by atoms with Gasteiger partial charge in [0, 0.05) is 10.7 Å². The lowest BCUT2D eigenvalue weighted by atomic mass is 10.2. The van der Waals surface area contributed by atoms with Gasteiger partial charge in [-0.1, -0.05) is 11.6 Å².